The van der Waals surface area contributed by atoms with Crippen LogP contribution in [0.15, 0.2) is 0 Å². The first-order valence-corrected chi connectivity index (χ1v) is 12.2. The molecule has 0 radical (unpaired) electrons. The van der Waals surface area contributed by atoms with E-state index in [2.05, 4.69) is 15.5 Å². The molecular weight excluding hydrogens is 380 g/mol. The molecule has 30 heavy (non-hydrogen) atoms. The lowest BCUT2D eigenvalue weighted by Gasteiger charge is -2.48. The fourth-order valence-electron chi connectivity index (χ4n) is 5.52. The number of carbonyl (C=O) groups is 2. The van der Waals surface area contributed by atoms with Crippen molar-refractivity contribution >= 4 is 12.1 Å². The summed E-state index contributed by atoms with van der Waals surface area (Å²) in [5, 5.41) is 6.35. The van der Waals surface area contributed by atoms with Crippen molar-refractivity contribution < 1.29 is 14.3 Å². The Kier molecular flexibility index (Phi) is 6.75. The fourth-order valence-corrected chi connectivity index (χ4v) is 5.52. The maximum Gasteiger partial charge on any atom is 0.318 e. The number of urea groups is 2. The molecule has 170 valence electrons. The molecule has 2 saturated heterocycles. The van der Waals surface area contributed by atoms with Crippen LogP contribution >= 0.6 is 0 Å². The second-order valence-electron chi connectivity index (χ2n) is 10.2. The Bertz CT molecular complexity index is 608. The molecule has 2 N–H and O–H groups in total. The van der Waals surface area contributed by atoms with Crippen molar-refractivity contribution in [1.82, 2.24) is 20.4 Å². The van der Waals surface area contributed by atoms with E-state index < -0.39 is 0 Å². The smallest absolute Gasteiger partial charge is 0.318 e. The number of ether oxygens (including phenoxy) is 1. The number of amides is 4. The van der Waals surface area contributed by atoms with Crippen molar-refractivity contribution in [2.45, 2.75) is 114 Å². The van der Waals surface area contributed by atoms with E-state index in [4.69, 9.17) is 4.74 Å². The van der Waals surface area contributed by atoms with Gasteiger partial charge < -0.3 is 25.2 Å². The third-order valence-corrected chi connectivity index (χ3v) is 7.34. The topological polar surface area (TPSA) is 73.9 Å². The number of piperidine rings is 1. The maximum absolute atomic E-state index is 12.8. The quantitative estimate of drug-likeness (QED) is 0.729. The standard InChI is InChI=1S/C23H40N4O3/c1-17(2)24-22(29)27(19-8-9-19)20-10-15-30-23(16-20)11-13-26(14-12-23)21(28)25-18-6-4-3-5-7-18/h17-20H,3-16H2,1-2H3,(H,24,29)(H,25,28). The van der Waals surface area contributed by atoms with E-state index in [1.807, 2.05) is 18.7 Å². The molecule has 7 nitrogen and oxygen atoms in total. The number of nitrogens with one attached hydrogen (secondary N) is 2. The highest BCUT2D eigenvalue weighted by Crippen LogP contribution is 2.40. The van der Waals surface area contributed by atoms with Crippen molar-refractivity contribution in [2.24, 2.45) is 0 Å². The summed E-state index contributed by atoms with van der Waals surface area (Å²) in [7, 11) is 0. The van der Waals surface area contributed by atoms with Gasteiger partial charge in [-0.2, -0.15) is 0 Å². The molecule has 7 heteroatoms. The minimum atomic E-state index is -0.185. The van der Waals surface area contributed by atoms with Gasteiger partial charge in [0, 0.05) is 43.9 Å². The van der Waals surface area contributed by atoms with Crippen molar-refractivity contribution in [3.05, 3.63) is 0 Å². The highest BCUT2D eigenvalue weighted by atomic mass is 16.5. The highest BCUT2D eigenvalue weighted by molar-refractivity contribution is 5.76. The van der Waals surface area contributed by atoms with Crippen molar-refractivity contribution in [3.63, 3.8) is 0 Å². The first kappa shape index (κ1) is 21.7. The van der Waals surface area contributed by atoms with E-state index in [1.54, 1.807) is 0 Å². The zero-order valence-corrected chi connectivity index (χ0v) is 18.8. The molecule has 2 aliphatic heterocycles. The first-order valence-electron chi connectivity index (χ1n) is 12.2. The summed E-state index contributed by atoms with van der Waals surface area (Å²) < 4.78 is 6.31. The van der Waals surface area contributed by atoms with E-state index in [0.29, 0.717) is 18.7 Å². The van der Waals surface area contributed by atoms with Gasteiger partial charge in [0.15, 0.2) is 0 Å². The fraction of sp³-hybridized carbons (Fsp3) is 0.913. The van der Waals surface area contributed by atoms with Crippen LogP contribution in [0.4, 0.5) is 9.59 Å². The lowest BCUT2D eigenvalue weighted by Crippen LogP contribution is -2.58. The van der Waals surface area contributed by atoms with Crippen LogP contribution < -0.4 is 10.6 Å². The minimum Gasteiger partial charge on any atom is -0.375 e. The van der Waals surface area contributed by atoms with E-state index in [1.165, 1.54) is 19.3 Å². The van der Waals surface area contributed by atoms with Crippen LogP contribution in [-0.4, -0.2) is 71.3 Å². The largest absolute Gasteiger partial charge is 0.375 e. The molecule has 4 fully saturated rings. The number of hydrogen-bond acceptors (Lipinski definition) is 3. The normalized spacial score (nSPS) is 27.2. The van der Waals surface area contributed by atoms with Crippen LogP contribution in [0.25, 0.3) is 0 Å². The lowest BCUT2D eigenvalue weighted by atomic mass is 9.82. The van der Waals surface area contributed by atoms with Gasteiger partial charge in [0.25, 0.3) is 0 Å². The maximum atomic E-state index is 12.8. The zero-order chi connectivity index (χ0) is 21.1. The summed E-state index contributed by atoms with van der Waals surface area (Å²) in [4.78, 5) is 29.6. The summed E-state index contributed by atoms with van der Waals surface area (Å²) in [6, 6.07) is 1.32. The average molecular weight is 421 g/mol. The van der Waals surface area contributed by atoms with E-state index in [-0.39, 0.29) is 29.7 Å². The Morgan fingerprint density at radius 3 is 2.33 bits per heavy atom. The molecule has 1 spiro atoms. The van der Waals surface area contributed by atoms with Gasteiger partial charge in [-0.05, 0) is 65.2 Å². The molecule has 4 aliphatic rings. The number of nitrogens with zero attached hydrogens (tertiary/aromatic N) is 2. The van der Waals surface area contributed by atoms with Gasteiger partial charge in [0.1, 0.15) is 0 Å². The third kappa shape index (κ3) is 5.21. The minimum absolute atomic E-state index is 0.0823. The Balaban J connectivity index is 1.31. The van der Waals surface area contributed by atoms with Crippen LogP contribution in [-0.2, 0) is 4.74 Å². The summed E-state index contributed by atoms with van der Waals surface area (Å²) in [6.45, 7) is 6.22. The molecular formula is C23H40N4O3. The van der Waals surface area contributed by atoms with Gasteiger partial charge in [-0.1, -0.05) is 19.3 Å². The van der Waals surface area contributed by atoms with Crippen LogP contribution in [0.5, 0.6) is 0 Å². The van der Waals surface area contributed by atoms with Crippen molar-refractivity contribution in [2.75, 3.05) is 19.7 Å². The Morgan fingerprint density at radius 2 is 1.70 bits per heavy atom. The molecule has 1 atom stereocenters. The summed E-state index contributed by atoms with van der Waals surface area (Å²) in [5.74, 6) is 0. The van der Waals surface area contributed by atoms with Crippen LogP contribution in [0.1, 0.15) is 84.5 Å². The molecule has 0 aromatic heterocycles. The van der Waals surface area contributed by atoms with Crippen LogP contribution in [0.3, 0.4) is 0 Å². The van der Waals surface area contributed by atoms with E-state index >= 15 is 0 Å². The zero-order valence-electron chi connectivity index (χ0n) is 18.8. The van der Waals surface area contributed by atoms with Crippen molar-refractivity contribution in [1.29, 1.82) is 0 Å². The third-order valence-electron chi connectivity index (χ3n) is 7.34. The molecule has 0 aromatic carbocycles. The van der Waals surface area contributed by atoms with Gasteiger partial charge in [0.05, 0.1) is 5.60 Å². The second kappa shape index (κ2) is 9.33. The molecule has 2 aliphatic carbocycles. The summed E-state index contributed by atoms with van der Waals surface area (Å²) in [5.41, 5.74) is -0.185. The molecule has 0 bridgehead atoms. The van der Waals surface area contributed by atoms with Gasteiger partial charge >= 0.3 is 12.1 Å². The predicted octanol–water partition coefficient (Wildman–Crippen LogP) is 3.62. The molecule has 2 heterocycles. The van der Waals surface area contributed by atoms with Crippen LogP contribution in [0.2, 0.25) is 0 Å². The summed E-state index contributed by atoms with van der Waals surface area (Å²) >= 11 is 0. The molecule has 1 unspecified atom stereocenters. The number of likely N-dealkylation sites (tertiary alicyclic amines) is 1. The Hall–Kier alpha value is -1.50. The van der Waals surface area contributed by atoms with Gasteiger partial charge in [0.2, 0.25) is 0 Å². The number of carbonyl (C=O) groups excluding carboxylic acids is 2. The van der Waals surface area contributed by atoms with Gasteiger partial charge in [-0.3, -0.25) is 0 Å². The predicted molar refractivity (Wildman–Crippen MR) is 116 cm³/mol. The SMILES string of the molecule is CC(C)NC(=O)N(C1CC1)C1CCOC2(CCN(C(=O)NC3CCCCC3)CC2)C1. The first-order chi connectivity index (χ1) is 14.5. The number of hydrogen-bond donors (Lipinski definition) is 2. The highest BCUT2D eigenvalue weighted by Gasteiger charge is 2.46. The molecule has 4 rings (SSSR count). The summed E-state index contributed by atoms with van der Waals surface area (Å²) in [6.07, 6.45) is 11.8. The average Bonchev–Trinajstić information content (AvgIpc) is 3.54. The monoisotopic (exact) mass is 420 g/mol. The lowest BCUT2D eigenvalue weighted by molar-refractivity contribution is -0.125. The molecule has 2 saturated carbocycles. The van der Waals surface area contributed by atoms with E-state index in [9.17, 15) is 9.59 Å². The van der Waals surface area contributed by atoms with Crippen LogP contribution in [0, 0.1) is 0 Å². The Labute approximate surface area is 181 Å². The second-order valence-corrected chi connectivity index (χ2v) is 10.2. The molecule has 0 aromatic rings. The number of rotatable bonds is 4. The molecule has 4 amide bonds. The van der Waals surface area contributed by atoms with Crippen molar-refractivity contribution in [3.8, 4) is 0 Å². The van der Waals surface area contributed by atoms with E-state index in [0.717, 1.165) is 64.5 Å². The Morgan fingerprint density at radius 1 is 1.00 bits per heavy atom. The van der Waals surface area contributed by atoms with Gasteiger partial charge in [-0.15, -0.1) is 0 Å². The van der Waals surface area contributed by atoms with Gasteiger partial charge in [-0.25, -0.2) is 9.59 Å².